The van der Waals surface area contributed by atoms with Crippen LogP contribution in [0.25, 0.3) is 16.8 Å². The highest BCUT2D eigenvalue weighted by molar-refractivity contribution is 7.93. The number of aromatic nitrogens is 1. The minimum Gasteiger partial charge on any atom is -0.467 e. The first-order valence-electron chi connectivity index (χ1n) is 9.87. The summed E-state index contributed by atoms with van der Waals surface area (Å²) >= 11 is 1.14. The lowest BCUT2D eigenvalue weighted by atomic mass is 10.0. The summed E-state index contributed by atoms with van der Waals surface area (Å²) in [5.41, 5.74) is 1.45. The predicted octanol–water partition coefficient (Wildman–Crippen LogP) is 4.20. The van der Waals surface area contributed by atoms with Gasteiger partial charge in [0, 0.05) is 5.38 Å². The van der Waals surface area contributed by atoms with Gasteiger partial charge in [-0.2, -0.15) is 0 Å². The van der Waals surface area contributed by atoms with E-state index in [1.165, 1.54) is 6.26 Å². The minimum absolute atomic E-state index is 0.0555. The van der Waals surface area contributed by atoms with E-state index < -0.39 is 10.0 Å². The van der Waals surface area contributed by atoms with Crippen LogP contribution < -0.4 is 10.0 Å². The summed E-state index contributed by atoms with van der Waals surface area (Å²) in [6.45, 7) is 0.290. The SMILES string of the molecule is O=C(Cc1csc(NS(=O)(=O)CC=Cc2cccc3ccccc23)n1)NCc1ccco1. The molecule has 0 saturated heterocycles. The van der Waals surface area contributed by atoms with Gasteiger partial charge in [0.15, 0.2) is 5.13 Å². The second-order valence-corrected chi connectivity index (χ2v) is 9.66. The first-order chi connectivity index (χ1) is 15.5. The monoisotopic (exact) mass is 467 g/mol. The standard InChI is InChI=1S/C23H21N3O4S2/c27-22(24-15-20-10-4-12-30-20)14-19-16-31-23(25-19)26-32(28,29)13-5-9-18-8-3-7-17-6-1-2-11-21(17)18/h1-12,16H,13-15H2,(H,24,27)(H,25,26). The molecule has 2 aromatic heterocycles. The molecule has 0 radical (unpaired) electrons. The maximum atomic E-state index is 12.4. The van der Waals surface area contributed by atoms with Crippen molar-refractivity contribution in [3.05, 3.63) is 89.3 Å². The first kappa shape index (κ1) is 21.8. The molecule has 0 aliphatic carbocycles. The average molecular weight is 468 g/mol. The van der Waals surface area contributed by atoms with E-state index in [4.69, 9.17) is 4.42 Å². The van der Waals surface area contributed by atoms with E-state index in [0.717, 1.165) is 27.7 Å². The molecule has 0 saturated carbocycles. The van der Waals surface area contributed by atoms with Crippen molar-refractivity contribution in [1.29, 1.82) is 0 Å². The van der Waals surface area contributed by atoms with Gasteiger partial charge in [0.05, 0.1) is 30.7 Å². The third kappa shape index (κ3) is 5.83. The van der Waals surface area contributed by atoms with Gasteiger partial charge < -0.3 is 9.73 Å². The molecule has 4 aromatic rings. The Hall–Kier alpha value is -3.43. The zero-order valence-electron chi connectivity index (χ0n) is 17.0. The van der Waals surface area contributed by atoms with E-state index >= 15 is 0 Å². The molecule has 2 aromatic carbocycles. The van der Waals surface area contributed by atoms with Crippen molar-refractivity contribution in [3.8, 4) is 0 Å². The highest BCUT2D eigenvalue weighted by Gasteiger charge is 2.13. The lowest BCUT2D eigenvalue weighted by Gasteiger charge is -2.03. The van der Waals surface area contributed by atoms with Crippen LogP contribution in [0.1, 0.15) is 17.0 Å². The van der Waals surface area contributed by atoms with E-state index in [0.29, 0.717) is 18.0 Å². The van der Waals surface area contributed by atoms with E-state index in [2.05, 4.69) is 15.0 Å². The first-order valence-corrected chi connectivity index (χ1v) is 12.4. The highest BCUT2D eigenvalue weighted by atomic mass is 32.2. The zero-order chi connectivity index (χ0) is 22.4. The van der Waals surface area contributed by atoms with E-state index in [1.54, 1.807) is 29.7 Å². The number of hydrogen-bond donors (Lipinski definition) is 2. The van der Waals surface area contributed by atoms with Crippen molar-refractivity contribution in [2.24, 2.45) is 0 Å². The molecule has 32 heavy (non-hydrogen) atoms. The van der Waals surface area contributed by atoms with Gasteiger partial charge in [-0.05, 0) is 28.5 Å². The molecule has 1 amide bonds. The van der Waals surface area contributed by atoms with Crippen molar-refractivity contribution in [2.45, 2.75) is 13.0 Å². The van der Waals surface area contributed by atoms with Gasteiger partial charge in [0.2, 0.25) is 15.9 Å². The number of hydrogen-bond acceptors (Lipinski definition) is 6. The summed E-state index contributed by atoms with van der Waals surface area (Å²) < 4.78 is 32.5. The molecule has 0 unspecified atom stereocenters. The number of furan rings is 1. The van der Waals surface area contributed by atoms with Crippen molar-refractivity contribution in [2.75, 3.05) is 10.5 Å². The van der Waals surface area contributed by atoms with Crippen molar-refractivity contribution in [3.63, 3.8) is 0 Å². The molecular weight excluding hydrogens is 446 g/mol. The lowest BCUT2D eigenvalue weighted by Crippen LogP contribution is -2.24. The number of rotatable bonds is 9. The number of nitrogens with zero attached hydrogens (tertiary/aromatic N) is 1. The molecule has 0 spiro atoms. The second-order valence-electron chi connectivity index (χ2n) is 7.03. The van der Waals surface area contributed by atoms with Crippen LogP contribution >= 0.6 is 11.3 Å². The fourth-order valence-corrected chi connectivity index (χ4v) is 5.00. The second kappa shape index (κ2) is 9.80. The molecule has 7 nitrogen and oxygen atoms in total. The number of benzene rings is 2. The molecule has 0 fully saturated rings. The summed E-state index contributed by atoms with van der Waals surface area (Å²) in [6, 6.07) is 17.4. The number of nitrogens with one attached hydrogen (secondary N) is 2. The largest absolute Gasteiger partial charge is 0.467 e. The Morgan fingerprint density at radius 1 is 1.09 bits per heavy atom. The molecule has 4 rings (SSSR count). The number of thiazole rings is 1. The third-order valence-corrected chi connectivity index (χ3v) is 6.68. The fraction of sp³-hybridized carbons (Fsp3) is 0.130. The minimum atomic E-state index is -3.61. The molecule has 0 aliphatic heterocycles. The van der Waals surface area contributed by atoms with Gasteiger partial charge in [0.25, 0.3) is 0 Å². The topological polar surface area (TPSA) is 101 Å². The van der Waals surface area contributed by atoms with E-state index in [9.17, 15) is 13.2 Å². The number of amides is 1. The molecular formula is C23H21N3O4S2. The van der Waals surface area contributed by atoms with Gasteiger partial charge in [-0.15, -0.1) is 11.3 Å². The smallest absolute Gasteiger partial charge is 0.238 e. The van der Waals surface area contributed by atoms with Crippen LogP contribution in [0, 0.1) is 0 Å². The van der Waals surface area contributed by atoms with Crippen molar-refractivity contribution < 1.29 is 17.6 Å². The molecule has 0 atom stereocenters. The summed E-state index contributed by atoms with van der Waals surface area (Å²) in [4.78, 5) is 16.2. The van der Waals surface area contributed by atoms with Gasteiger partial charge in [-0.3, -0.25) is 9.52 Å². The summed E-state index contributed by atoms with van der Waals surface area (Å²) in [5.74, 6) is 0.246. The van der Waals surface area contributed by atoms with Crippen LogP contribution in [0.4, 0.5) is 5.13 Å². The predicted molar refractivity (Wildman–Crippen MR) is 127 cm³/mol. The van der Waals surface area contributed by atoms with Crippen LogP contribution in [0.15, 0.2) is 76.7 Å². The number of carbonyl (C=O) groups is 1. The van der Waals surface area contributed by atoms with Gasteiger partial charge in [-0.25, -0.2) is 13.4 Å². The lowest BCUT2D eigenvalue weighted by molar-refractivity contribution is -0.120. The normalized spacial score (nSPS) is 11.8. The highest BCUT2D eigenvalue weighted by Crippen LogP contribution is 2.20. The van der Waals surface area contributed by atoms with Gasteiger partial charge in [0.1, 0.15) is 5.76 Å². The molecule has 2 heterocycles. The molecule has 0 bridgehead atoms. The Labute approximate surface area is 189 Å². The molecule has 0 aliphatic rings. The van der Waals surface area contributed by atoms with Crippen molar-refractivity contribution in [1.82, 2.24) is 10.3 Å². The van der Waals surface area contributed by atoms with Gasteiger partial charge in [-0.1, -0.05) is 54.6 Å². The van der Waals surface area contributed by atoms with Crippen molar-refractivity contribution >= 4 is 49.2 Å². The van der Waals surface area contributed by atoms with Crippen LogP contribution in [0.3, 0.4) is 0 Å². The fourth-order valence-electron chi connectivity index (χ4n) is 3.13. The van der Waals surface area contributed by atoms with E-state index in [1.807, 2.05) is 42.5 Å². The Bertz CT molecular complexity index is 1340. The molecule has 164 valence electrons. The number of anilines is 1. The number of fused-ring (bicyclic) bond motifs is 1. The third-order valence-electron chi connectivity index (χ3n) is 4.61. The Morgan fingerprint density at radius 2 is 1.94 bits per heavy atom. The average Bonchev–Trinajstić information content (AvgIpc) is 3.44. The van der Waals surface area contributed by atoms with Crippen LogP contribution in [0.5, 0.6) is 0 Å². The van der Waals surface area contributed by atoms with Crippen LogP contribution in [-0.4, -0.2) is 25.1 Å². The molecule has 2 N–H and O–H groups in total. The maximum absolute atomic E-state index is 12.4. The summed E-state index contributed by atoms with van der Waals surface area (Å²) in [5, 5.41) is 6.79. The quantitative estimate of drug-likeness (QED) is 0.384. The zero-order valence-corrected chi connectivity index (χ0v) is 18.7. The van der Waals surface area contributed by atoms with E-state index in [-0.39, 0.29) is 23.2 Å². The molecule has 9 heteroatoms. The van der Waals surface area contributed by atoms with Crippen LogP contribution in [-0.2, 0) is 27.8 Å². The van der Waals surface area contributed by atoms with Gasteiger partial charge >= 0.3 is 0 Å². The van der Waals surface area contributed by atoms with Crippen LogP contribution in [0.2, 0.25) is 0 Å². The number of carbonyl (C=O) groups excluding carboxylic acids is 1. The Morgan fingerprint density at radius 3 is 2.78 bits per heavy atom. The number of sulfonamides is 1. The summed E-state index contributed by atoms with van der Waals surface area (Å²) in [6.07, 6.45) is 5.01. The summed E-state index contributed by atoms with van der Waals surface area (Å²) in [7, 11) is -3.61. The maximum Gasteiger partial charge on any atom is 0.238 e. The Balaban J connectivity index is 1.32. The Kier molecular flexibility index (Phi) is 6.67.